The summed E-state index contributed by atoms with van der Waals surface area (Å²) in [6.45, 7) is 0.774. The number of nitrogens with two attached hydrogens (primary N) is 1. The second-order valence-electron chi connectivity index (χ2n) is 7.36. The Kier molecular flexibility index (Phi) is 5.27. The van der Waals surface area contributed by atoms with Crippen molar-refractivity contribution in [2.45, 2.75) is 38.6 Å². The maximum Gasteiger partial charge on any atom is 0.409 e. The summed E-state index contributed by atoms with van der Waals surface area (Å²) >= 11 is 1.29. The summed E-state index contributed by atoms with van der Waals surface area (Å²) in [6, 6.07) is 5.79. The van der Waals surface area contributed by atoms with E-state index in [2.05, 4.69) is 5.32 Å². The molecule has 1 aromatic carbocycles. The molecule has 3 N–H and O–H groups in total. The number of rotatable bonds is 3. The standard InChI is InChI=1S/C21H23N3O4S/c1-28-21(27)24-9-8-15-16(11-24)29-20(17(15)18(22)25)23-19(26)14-7-6-12-4-2-3-5-13(12)10-14/h6-7,10H,2-5,8-9,11H2,1H3,(H2,22,25)(H,23,26). The fraction of sp³-hybridized carbons (Fsp3) is 0.381. The van der Waals surface area contributed by atoms with Crippen LogP contribution in [-0.4, -0.2) is 36.5 Å². The van der Waals surface area contributed by atoms with Crippen LogP contribution in [0.25, 0.3) is 0 Å². The molecule has 0 spiro atoms. The highest BCUT2D eigenvalue weighted by atomic mass is 32.1. The zero-order chi connectivity index (χ0) is 20.5. The van der Waals surface area contributed by atoms with Gasteiger partial charge in [0.1, 0.15) is 5.00 Å². The third kappa shape index (κ3) is 3.72. The van der Waals surface area contributed by atoms with Crippen molar-refractivity contribution in [3.8, 4) is 0 Å². The maximum absolute atomic E-state index is 12.9. The number of benzene rings is 1. The molecule has 0 unspecified atom stereocenters. The van der Waals surface area contributed by atoms with Gasteiger partial charge in [-0.2, -0.15) is 0 Å². The maximum atomic E-state index is 12.9. The van der Waals surface area contributed by atoms with Crippen molar-refractivity contribution in [3.63, 3.8) is 0 Å². The average molecular weight is 413 g/mol. The molecule has 29 heavy (non-hydrogen) atoms. The van der Waals surface area contributed by atoms with Gasteiger partial charge in [0.2, 0.25) is 0 Å². The highest BCUT2D eigenvalue weighted by Crippen LogP contribution is 2.37. The minimum Gasteiger partial charge on any atom is -0.453 e. The predicted molar refractivity (Wildman–Crippen MR) is 110 cm³/mol. The van der Waals surface area contributed by atoms with E-state index in [4.69, 9.17) is 10.5 Å². The number of anilines is 1. The number of nitrogens with zero attached hydrogens (tertiary/aromatic N) is 1. The number of ether oxygens (including phenoxy) is 1. The van der Waals surface area contributed by atoms with Crippen LogP contribution in [0.3, 0.4) is 0 Å². The lowest BCUT2D eigenvalue weighted by molar-refractivity contribution is 0.0999. The van der Waals surface area contributed by atoms with Gasteiger partial charge in [-0.3, -0.25) is 9.59 Å². The van der Waals surface area contributed by atoms with Crippen LogP contribution in [0.5, 0.6) is 0 Å². The van der Waals surface area contributed by atoms with Gasteiger partial charge in [-0.05, 0) is 60.9 Å². The Morgan fingerprint density at radius 2 is 1.90 bits per heavy atom. The van der Waals surface area contributed by atoms with Crippen molar-refractivity contribution < 1.29 is 19.1 Å². The largest absolute Gasteiger partial charge is 0.453 e. The predicted octanol–water partition coefficient (Wildman–Crippen LogP) is 3.10. The Morgan fingerprint density at radius 3 is 2.62 bits per heavy atom. The molecule has 0 fully saturated rings. The third-order valence-electron chi connectivity index (χ3n) is 5.57. The summed E-state index contributed by atoms with van der Waals surface area (Å²) in [5.41, 5.74) is 9.88. The van der Waals surface area contributed by atoms with Gasteiger partial charge in [-0.1, -0.05) is 6.07 Å². The van der Waals surface area contributed by atoms with Gasteiger partial charge < -0.3 is 20.7 Å². The van der Waals surface area contributed by atoms with Crippen molar-refractivity contribution in [3.05, 3.63) is 50.9 Å². The van der Waals surface area contributed by atoms with Gasteiger partial charge in [-0.25, -0.2) is 4.79 Å². The lowest BCUT2D eigenvalue weighted by atomic mass is 9.90. The fourth-order valence-electron chi connectivity index (χ4n) is 4.09. The Bertz CT molecular complexity index is 998. The van der Waals surface area contributed by atoms with E-state index in [0.29, 0.717) is 35.6 Å². The summed E-state index contributed by atoms with van der Waals surface area (Å²) < 4.78 is 4.79. The molecular formula is C21H23N3O4S. The van der Waals surface area contributed by atoms with Crippen LogP contribution < -0.4 is 11.1 Å². The van der Waals surface area contributed by atoms with E-state index in [9.17, 15) is 14.4 Å². The number of methoxy groups -OCH3 is 1. The first kappa shape index (κ1) is 19.4. The van der Waals surface area contributed by atoms with Gasteiger partial charge in [-0.15, -0.1) is 11.3 Å². The summed E-state index contributed by atoms with van der Waals surface area (Å²) in [6.07, 6.45) is 4.44. The normalized spacial score (nSPS) is 15.3. The molecule has 2 aliphatic rings. The van der Waals surface area contributed by atoms with Gasteiger partial charge >= 0.3 is 6.09 Å². The summed E-state index contributed by atoms with van der Waals surface area (Å²) in [5.74, 6) is -0.834. The van der Waals surface area contributed by atoms with Crippen molar-refractivity contribution in [1.29, 1.82) is 0 Å². The molecule has 8 heteroatoms. The molecule has 2 heterocycles. The first-order valence-electron chi connectivity index (χ1n) is 9.68. The number of carbonyl (C=O) groups excluding carboxylic acids is 3. The molecule has 0 atom stereocenters. The molecule has 7 nitrogen and oxygen atoms in total. The van der Waals surface area contributed by atoms with E-state index in [1.54, 1.807) is 4.90 Å². The minimum atomic E-state index is -0.574. The number of thiophene rings is 1. The van der Waals surface area contributed by atoms with Crippen molar-refractivity contribution >= 4 is 34.2 Å². The monoisotopic (exact) mass is 413 g/mol. The van der Waals surface area contributed by atoms with E-state index < -0.39 is 12.0 Å². The van der Waals surface area contributed by atoms with Crippen LogP contribution in [0.1, 0.15) is 55.1 Å². The zero-order valence-corrected chi connectivity index (χ0v) is 17.1. The molecule has 1 aromatic heterocycles. The molecule has 0 radical (unpaired) electrons. The van der Waals surface area contributed by atoms with Gasteiger partial charge in [0.05, 0.1) is 19.2 Å². The van der Waals surface area contributed by atoms with Crippen LogP contribution in [0, 0.1) is 0 Å². The Hall–Kier alpha value is -2.87. The van der Waals surface area contributed by atoms with E-state index in [-0.39, 0.29) is 5.91 Å². The van der Waals surface area contributed by atoms with Crippen LogP contribution in [0.2, 0.25) is 0 Å². The number of hydrogen-bond donors (Lipinski definition) is 2. The van der Waals surface area contributed by atoms with Crippen molar-refractivity contribution in [2.24, 2.45) is 5.73 Å². The van der Waals surface area contributed by atoms with Crippen LogP contribution in [-0.2, 0) is 30.5 Å². The highest BCUT2D eigenvalue weighted by molar-refractivity contribution is 7.17. The van der Waals surface area contributed by atoms with Crippen LogP contribution in [0.15, 0.2) is 18.2 Å². The molecule has 4 rings (SSSR count). The first-order valence-corrected chi connectivity index (χ1v) is 10.5. The lowest BCUT2D eigenvalue weighted by Gasteiger charge is -2.25. The van der Waals surface area contributed by atoms with Gasteiger partial charge in [0.15, 0.2) is 0 Å². The smallest absolute Gasteiger partial charge is 0.409 e. The average Bonchev–Trinajstić information content (AvgIpc) is 3.09. The molecule has 3 amide bonds. The minimum absolute atomic E-state index is 0.260. The SMILES string of the molecule is COC(=O)N1CCc2c(sc(NC(=O)c3ccc4c(c3)CCCC4)c2C(N)=O)C1. The van der Waals surface area contributed by atoms with E-state index in [1.807, 2.05) is 18.2 Å². The second kappa shape index (κ2) is 7.87. The zero-order valence-electron chi connectivity index (χ0n) is 16.2. The molecular weight excluding hydrogens is 390 g/mol. The Labute approximate surface area is 172 Å². The molecule has 0 saturated heterocycles. The first-order chi connectivity index (χ1) is 14.0. The van der Waals surface area contributed by atoms with Crippen molar-refractivity contribution in [2.75, 3.05) is 19.0 Å². The molecule has 0 saturated carbocycles. The Morgan fingerprint density at radius 1 is 1.14 bits per heavy atom. The third-order valence-corrected chi connectivity index (χ3v) is 6.71. The Balaban J connectivity index is 1.60. The molecule has 0 bridgehead atoms. The molecule has 2 aromatic rings. The number of primary amides is 1. The van der Waals surface area contributed by atoms with Gasteiger partial charge in [0.25, 0.3) is 11.8 Å². The van der Waals surface area contributed by atoms with Crippen LogP contribution >= 0.6 is 11.3 Å². The molecule has 1 aliphatic carbocycles. The van der Waals surface area contributed by atoms with E-state index in [1.165, 1.54) is 36.0 Å². The highest BCUT2D eigenvalue weighted by Gasteiger charge is 2.30. The summed E-state index contributed by atoms with van der Waals surface area (Å²) in [4.78, 5) is 39.2. The van der Waals surface area contributed by atoms with E-state index >= 15 is 0 Å². The second-order valence-corrected chi connectivity index (χ2v) is 8.46. The number of nitrogens with one attached hydrogen (secondary N) is 1. The number of aryl methyl sites for hydroxylation is 2. The molecule has 152 valence electrons. The number of fused-ring (bicyclic) bond motifs is 2. The van der Waals surface area contributed by atoms with Crippen molar-refractivity contribution in [1.82, 2.24) is 4.90 Å². The van der Waals surface area contributed by atoms with E-state index in [0.717, 1.165) is 29.7 Å². The number of amides is 3. The number of carbonyl (C=O) groups is 3. The number of hydrogen-bond acceptors (Lipinski definition) is 5. The summed E-state index contributed by atoms with van der Waals surface area (Å²) in [5, 5.41) is 3.32. The fourth-order valence-corrected chi connectivity index (χ4v) is 5.35. The molecule has 1 aliphatic heterocycles. The lowest BCUT2D eigenvalue weighted by Crippen LogP contribution is -2.35. The van der Waals surface area contributed by atoms with Crippen LogP contribution in [0.4, 0.5) is 9.80 Å². The topological polar surface area (TPSA) is 102 Å². The quantitative estimate of drug-likeness (QED) is 0.807. The van der Waals surface area contributed by atoms with Gasteiger partial charge in [0, 0.05) is 17.0 Å². The summed E-state index contributed by atoms with van der Waals surface area (Å²) in [7, 11) is 1.34.